The fraction of sp³-hybridized carbons (Fsp3) is 0.909. The normalized spacial score (nSPS) is 24.2. The first-order valence-corrected chi connectivity index (χ1v) is 5.74. The van der Waals surface area contributed by atoms with Crippen molar-refractivity contribution in [3.05, 3.63) is 0 Å². The Bertz CT molecular complexity index is 212. The number of amides is 1. The maximum atomic E-state index is 11.5. The summed E-state index contributed by atoms with van der Waals surface area (Å²) in [4.78, 5) is 11.5. The summed E-state index contributed by atoms with van der Waals surface area (Å²) >= 11 is 0. The van der Waals surface area contributed by atoms with Crippen molar-refractivity contribution in [3.8, 4) is 0 Å². The van der Waals surface area contributed by atoms with Gasteiger partial charge >= 0.3 is 0 Å². The van der Waals surface area contributed by atoms with Crippen molar-refractivity contribution in [3.63, 3.8) is 0 Å². The minimum Gasteiger partial charge on any atom is -0.369 e. The van der Waals surface area contributed by atoms with Crippen molar-refractivity contribution in [1.82, 2.24) is 5.32 Å². The molecule has 0 radical (unpaired) electrons. The number of halogens is 1. The maximum absolute atomic E-state index is 11.5. The van der Waals surface area contributed by atoms with Gasteiger partial charge < -0.3 is 15.8 Å². The highest BCUT2D eigenvalue weighted by Gasteiger charge is 2.27. The molecule has 96 valence electrons. The molecule has 0 aromatic rings. The second-order valence-electron chi connectivity index (χ2n) is 4.46. The Labute approximate surface area is 104 Å². The Kier molecular flexibility index (Phi) is 7.72. The smallest absolute Gasteiger partial charge is 0.246 e. The van der Waals surface area contributed by atoms with Gasteiger partial charge in [-0.2, -0.15) is 0 Å². The lowest BCUT2D eigenvalue weighted by atomic mass is 10.0. The minimum atomic E-state index is -0.0194. The van der Waals surface area contributed by atoms with E-state index in [1.807, 2.05) is 13.8 Å². The van der Waals surface area contributed by atoms with E-state index in [1.165, 1.54) is 0 Å². The SMILES string of the molecule is CC(C)OCC(=O)NC1CCCC1CN.Cl. The van der Waals surface area contributed by atoms with E-state index in [-0.39, 0.29) is 37.1 Å². The quantitative estimate of drug-likeness (QED) is 0.768. The summed E-state index contributed by atoms with van der Waals surface area (Å²) in [7, 11) is 0. The minimum absolute atomic E-state index is 0. The van der Waals surface area contributed by atoms with Gasteiger partial charge in [0.15, 0.2) is 0 Å². The first-order valence-electron chi connectivity index (χ1n) is 5.74. The number of nitrogens with two attached hydrogens (primary N) is 1. The van der Waals surface area contributed by atoms with Crippen LogP contribution in [0.25, 0.3) is 0 Å². The van der Waals surface area contributed by atoms with Crippen LogP contribution in [-0.2, 0) is 9.53 Å². The standard InChI is InChI=1S/C11H22N2O2.ClH/c1-8(2)15-7-11(14)13-10-5-3-4-9(10)6-12;/h8-10H,3-7,12H2,1-2H3,(H,13,14);1H. The van der Waals surface area contributed by atoms with E-state index < -0.39 is 0 Å². The summed E-state index contributed by atoms with van der Waals surface area (Å²) in [6.07, 6.45) is 3.45. The van der Waals surface area contributed by atoms with Crippen LogP contribution in [0.5, 0.6) is 0 Å². The molecule has 1 amide bonds. The predicted molar refractivity (Wildman–Crippen MR) is 66.7 cm³/mol. The topological polar surface area (TPSA) is 64.3 Å². The molecule has 0 aliphatic heterocycles. The van der Waals surface area contributed by atoms with Crippen molar-refractivity contribution >= 4 is 18.3 Å². The number of rotatable bonds is 5. The molecule has 0 heterocycles. The van der Waals surface area contributed by atoms with Crippen LogP contribution in [-0.4, -0.2) is 31.2 Å². The molecule has 1 aliphatic rings. The van der Waals surface area contributed by atoms with Crippen molar-refractivity contribution in [2.45, 2.75) is 45.3 Å². The van der Waals surface area contributed by atoms with Crippen LogP contribution in [0.1, 0.15) is 33.1 Å². The first-order chi connectivity index (χ1) is 7.13. The first kappa shape index (κ1) is 15.7. The van der Waals surface area contributed by atoms with E-state index in [2.05, 4.69) is 5.32 Å². The van der Waals surface area contributed by atoms with Gasteiger partial charge in [-0.3, -0.25) is 4.79 Å². The third kappa shape index (κ3) is 5.14. The highest BCUT2D eigenvalue weighted by Crippen LogP contribution is 2.24. The van der Waals surface area contributed by atoms with Crippen LogP contribution < -0.4 is 11.1 Å². The molecular formula is C11H23ClN2O2. The van der Waals surface area contributed by atoms with E-state index in [9.17, 15) is 4.79 Å². The number of carbonyl (C=O) groups excluding carboxylic acids is 1. The van der Waals surface area contributed by atoms with Gasteiger partial charge in [-0.25, -0.2) is 0 Å². The summed E-state index contributed by atoms with van der Waals surface area (Å²) in [6.45, 7) is 4.67. The van der Waals surface area contributed by atoms with E-state index in [0.29, 0.717) is 12.5 Å². The molecule has 0 bridgehead atoms. The van der Waals surface area contributed by atoms with Crippen molar-refractivity contribution < 1.29 is 9.53 Å². The Hall–Kier alpha value is -0.320. The van der Waals surface area contributed by atoms with Crippen LogP contribution in [0.4, 0.5) is 0 Å². The Morgan fingerprint density at radius 3 is 2.75 bits per heavy atom. The Morgan fingerprint density at radius 2 is 2.19 bits per heavy atom. The van der Waals surface area contributed by atoms with Gasteiger partial charge in [0, 0.05) is 6.04 Å². The zero-order chi connectivity index (χ0) is 11.3. The van der Waals surface area contributed by atoms with Crippen LogP contribution in [0.15, 0.2) is 0 Å². The zero-order valence-electron chi connectivity index (χ0n) is 10.1. The summed E-state index contributed by atoms with van der Waals surface area (Å²) in [5, 5.41) is 2.99. The molecule has 1 rings (SSSR count). The lowest BCUT2D eigenvalue weighted by Crippen LogP contribution is -2.41. The van der Waals surface area contributed by atoms with Crippen LogP contribution in [0.3, 0.4) is 0 Å². The molecule has 4 nitrogen and oxygen atoms in total. The van der Waals surface area contributed by atoms with Gasteiger partial charge in [-0.15, -0.1) is 12.4 Å². The van der Waals surface area contributed by atoms with Crippen molar-refractivity contribution in [1.29, 1.82) is 0 Å². The van der Waals surface area contributed by atoms with Crippen LogP contribution >= 0.6 is 12.4 Å². The predicted octanol–water partition coefficient (Wildman–Crippen LogP) is 1.08. The van der Waals surface area contributed by atoms with E-state index >= 15 is 0 Å². The lowest BCUT2D eigenvalue weighted by molar-refractivity contribution is -0.128. The van der Waals surface area contributed by atoms with Gasteiger partial charge in [0.25, 0.3) is 0 Å². The Balaban J connectivity index is 0.00000225. The molecule has 3 N–H and O–H groups in total. The lowest BCUT2D eigenvalue weighted by Gasteiger charge is -2.19. The summed E-state index contributed by atoms with van der Waals surface area (Å²) in [5.41, 5.74) is 5.64. The summed E-state index contributed by atoms with van der Waals surface area (Å²) < 4.78 is 5.24. The van der Waals surface area contributed by atoms with Gasteiger partial charge in [0.05, 0.1) is 6.10 Å². The molecule has 2 atom stereocenters. The molecule has 1 fully saturated rings. The van der Waals surface area contributed by atoms with E-state index in [0.717, 1.165) is 19.3 Å². The highest BCUT2D eigenvalue weighted by molar-refractivity contribution is 5.85. The fourth-order valence-corrected chi connectivity index (χ4v) is 2.00. The molecule has 1 saturated carbocycles. The molecule has 1 aliphatic carbocycles. The molecule has 0 saturated heterocycles. The molecule has 16 heavy (non-hydrogen) atoms. The monoisotopic (exact) mass is 250 g/mol. The van der Waals surface area contributed by atoms with Crippen LogP contribution in [0.2, 0.25) is 0 Å². The second-order valence-corrected chi connectivity index (χ2v) is 4.46. The van der Waals surface area contributed by atoms with E-state index in [4.69, 9.17) is 10.5 Å². The van der Waals surface area contributed by atoms with E-state index in [1.54, 1.807) is 0 Å². The third-order valence-corrected chi connectivity index (χ3v) is 2.86. The number of hydrogen-bond acceptors (Lipinski definition) is 3. The van der Waals surface area contributed by atoms with Crippen molar-refractivity contribution in [2.75, 3.05) is 13.2 Å². The molecular weight excluding hydrogens is 228 g/mol. The number of hydrogen-bond donors (Lipinski definition) is 2. The Morgan fingerprint density at radius 1 is 1.50 bits per heavy atom. The average molecular weight is 251 g/mol. The van der Waals surface area contributed by atoms with Crippen LogP contribution in [0, 0.1) is 5.92 Å². The molecule has 0 aromatic heterocycles. The molecule has 5 heteroatoms. The fourth-order valence-electron chi connectivity index (χ4n) is 2.00. The maximum Gasteiger partial charge on any atom is 0.246 e. The van der Waals surface area contributed by atoms with Gasteiger partial charge in [-0.1, -0.05) is 6.42 Å². The largest absolute Gasteiger partial charge is 0.369 e. The van der Waals surface area contributed by atoms with Gasteiger partial charge in [0.2, 0.25) is 5.91 Å². The van der Waals surface area contributed by atoms with Gasteiger partial charge in [-0.05, 0) is 39.2 Å². The second kappa shape index (κ2) is 7.87. The number of carbonyl (C=O) groups is 1. The van der Waals surface area contributed by atoms with Gasteiger partial charge in [0.1, 0.15) is 6.61 Å². The molecule has 0 spiro atoms. The highest BCUT2D eigenvalue weighted by atomic mass is 35.5. The van der Waals surface area contributed by atoms with Crippen molar-refractivity contribution in [2.24, 2.45) is 11.7 Å². The molecule has 2 unspecified atom stereocenters. The summed E-state index contributed by atoms with van der Waals surface area (Å²) in [5.74, 6) is 0.432. The number of ether oxygens (including phenoxy) is 1. The average Bonchev–Trinajstić information content (AvgIpc) is 2.62. The summed E-state index contributed by atoms with van der Waals surface area (Å²) in [6, 6.07) is 0.262. The number of nitrogens with one attached hydrogen (secondary N) is 1. The zero-order valence-corrected chi connectivity index (χ0v) is 10.9. The third-order valence-electron chi connectivity index (χ3n) is 2.86. The molecule has 0 aromatic carbocycles.